The molecule has 2 N–H and O–H groups in total. The summed E-state index contributed by atoms with van der Waals surface area (Å²) in [6, 6.07) is 15.9. The van der Waals surface area contributed by atoms with Crippen LogP contribution in [0, 0.1) is 0 Å². The zero-order valence-corrected chi connectivity index (χ0v) is 11.1. The van der Waals surface area contributed by atoms with E-state index in [9.17, 15) is 9.90 Å². The molecule has 1 aromatic heterocycles. The summed E-state index contributed by atoms with van der Waals surface area (Å²) < 4.78 is 1.64. The van der Waals surface area contributed by atoms with Gasteiger partial charge in [0.1, 0.15) is 5.75 Å². The third-order valence-electron chi connectivity index (χ3n) is 2.99. The minimum Gasteiger partial charge on any atom is -0.508 e. The van der Waals surface area contributed by atoms with Crippen LogP contribution >= 0.6 is 0 Å². The van der Waals surface area contributed by atoms with Gasteiger partial charge in [-0.25, -0.2) is 4.68 Å². The zero-order chi connectivity index (χ0) is 14.7. The fourth-order valence-electron chi connectivity index (χ4n) is 1.91. The normalized spacial score (nSPS) is 10.3. The first kappa shape index (κ1) is 12.9. The van der Waals surface area contributed by atoms with Gasteiger partial charge in [-0.3, -0.25) is 4.79 Å². The molecule has 0 unspecified atom stereocenters. The summed E-state index contributed by atoms with van der Waals surface area (Å²) in [6.45, 7) is 0. The Balaban J connectivity index is 1.77. The molecule has 0 fully saturated rings. The van der Waals surface area contributed by atoms with E-state index >= 15 is 0 Å². The van der Waals surface area contributed by atoms with E-state index < -0.39 is 0 Å². The van der Waals surface area contributed by atoms with Gasteiger partial charge in [0.2, 0.25) is 0 Å². The van der Waals surface area contributed by atoms with Crippen molar-refractivity contribution >= 4 is 11.6 Å². The standard InChI is InChI=1S/C16H13N3O2/c20-15-8-6-13(7-9-15)18-16(21)12-10-17-19(11-12)14-4-2-1-3-5-14/h1-11,20H,(H,18,21). The minimum atomic E-state index is -0.247. The molecule has 0 aliphatic heterocycles. The first-order valence-corrected chi connectivity index (χ1v) is 6.43. The molecule has 5 heteroatoms. The highest BCUT2D eigenvalue weighted by Crippen LogP contribution is 2.15. The number of nitrogens with zero attached hydrogens (tertiary/aromatic N) is 2. The smallest absolute Gasteiger partial charge is 0.258 e. The number of phenols is 1. The third-order valence-corrected chi connectivity index (χ3v) is 2.99. The van der Waals surface area contributed by atoms with Crippen molar-refractivity contribution in [3.63, 3.8) is 0 Å². The summed E-state index contributed by atoms with van der Waals surface area (Å²) in [5, 5.41) is 16.1. The van der Waals surface area contributed by atoms with Crippen LogP contribution in [0.3, 0.4) is 0 Å². The second-order valence-corrected chi connectivity index (χ2v) is 4.51. The van der Waals surface area contributed by atoms with E-state index in [1.165, 1.54) is 18.3 Å². The predicted octanol–water partition coefficient (Wildman–Crippen LogP) is 2.83. The number of hydrogen-bond donors (Lipinski definition) is 2. The average molecular weight is 279 g/mol. The molecule has 0 aliphatic rings. The molecule has 1 amide bonds. The van der Waals surface area contributed by atoms with E-state index in [2.05, 4.69) is 10.4 Å². The fourth-order valence-corrected chi connectivity index (χ4v) is 1.91. The molecule has 5 nitrogen and oxygen atoms in total. The van der Waals surface area contributed by atoms with Gasteiger partial charge in [-0.05, 0) is 36.4 Å². The Kier molecular flexibility index (Phi) is 3.39. The Hall–Kier alpha value is -3.08. The Labute approximate surface area is 121 Å². The lowest BCUT2D eigenvalue weighted by molar-refractivity contribution is 0.102. The van der Waals surface area contributed by atoms with Gasteiger partial charge in [0.15, 0.2) is 0 Å². The van der Waals surface area contributed by atoms with Gasteiger partial charge < -0.3 is 10.4 Å². The van der Waals surface area contributed by atoms with Crippen LogP contribution in [0.5, 0.6) is 5.75 Å². The predicted molar refractivity (Wildman–Crippen MR) is 79.6 cm³/mol. The lowest BCUT2D eigenvalue weighted by Gasteiger charge is -2.03. The van der Waals surface area contributed by atoms with Crippen molar-refractivity contribution in [2.24, 2.45) is 0 Å². The summed E-state index contributed by atoms with van der Waals surface area (Å²) >= 11 is 0. The highest BCUT2D eigenvalue weighted by Gasteiger charge is 2.09. The number of carbonyl (C=O) groups is 1. The van der Waals surface area contributed by atoms with Crippen molar-refractivity contribution in [2.75, 3.05) is 5.32 Å². The summed E-state index contributed by atoms with van der Waals surface area (Å²) in [5.41, 5.74) is 1.97. The molecule has 0 atom stereocenters. The largest absolute Gasteiger partial charge is 0.508 e. The van der Waals surface area contributed by atoms with E-state index in [4.69, 9.17) is 0 Å². The summed E-state index contributed by atoms with van der Waals surface area (Å²) in [4.78, 5) is 12.1. The van der Waals surface area contributed by atoms with Crippen LogP contribution < -0.4 is 5.32 Å². The van der Waals surface area contributed by atoms with Gasteiger partial charge in [0, 0.05) is 11.9 Å². The van der Waals surface area contributed by atoms with Crippen LogP contribution in [0.4, 0.5) is 5.69 Å². The molecule has 104 valence electrons. The number of para-hydroxylation sites is 1. The highest BCUT2D eigenvalue weighted by atomic mass is 16.3. The van der Waals surface area contributed by atoms with Crippen LogP contribution in [0.25, 0.3) is 5.69 Å². The van der Waals surface area contributed by atoms with Gasteiger partial charge in [-0.2, -0.15) is 5.10 Å². The number of carbonyl (C=O) groups excluding carboxylic acids is 1. The molecule has 0 saturated carbocycles. The maximum absolute atomic E-state index is 12.1. The highest BCUT2D eigenvalue weighted by molar-refractivity contribution is 6.04. The molecule has 0 spiro atoms. The first-order valence-electron chi connectivity index (χ1n) is 6.43. The monoisotopic (exact) mass is 279 g/mol. The average Bonchev–Trinajstić information content (AvgIpc) is 3.00. The minimum absolute atomic E-state index is 0.157. The summed E-state index contributed by atoms with van der Waals surface area (Å²) in [7, 11) is 0. The van der Waals surface area contributed by atoms with Crippen molar-refractivity contribution in [2.45, 2.75) is 0 Å². The Morgan fingerprint density at radius 3 is 2.48 bits per heavy atom. The van der Waals surface area contributed by atoms with Crippen molar-refractivity contribution in [1.82, 2.24) is 9.78 Å². The lowest BCUT2D eigenvalue weighted by atomic mass is 10.2. The Morgan fingerprint density at radius 2 is 1.76 bits per heavy atom. The number of rotatable bonds is 3. The van der Waals surface area contributed by atoms with Crippen LogP contribution in [0.2, 0.25) is 0 Å². The van der Waals surface area contributed by atoms with Crippen LogP contribution in [0.15, 0.2) is 67.0 Å². The van der Waals surface area contributed by atoms with E-state index in [0.29, 0.717) is 11.3 Å². The number of hydrogen-bond acceptors (Lipinski definition) is 3. The molecule has 3 aromatic rings. The second-order valence-electron chi connectivity index (χ2n) is 4.51. The summed E-state index contributed by atoms with van der Waals surface area (Å²) in [5.74, 6) is -0.0900. The molecule has 1 heterocycles. The molecule has 0 aliphatic carbocycles. The summed E-state index contributed by atoms with van der Waals surface area (Å²) in [6.07, 6.45) is 3.19. The van der Waals surface area contributed by atoms with Gasteiger partial charge in [-0.1, -0.05) is 18.2 Å². The molecule has 2 aromatic carbocycles. The topological polar surface area (TPSA) is 67.2 Å². The Bertz CT molecular complexity index is 749. The number of phenolic OH excluding ortho intramolecular Hbond substituents is 1. The van der Waals surface area contributed by atoms with Gasteiger partial charge in [0.05, 0.1) is 17.4 Å². The maximum atomic E-state index is 12.1. The van der Waals surface area contributed by atoms with E-state index in [0.717, 1.165) is 5.69 Å². The molecular formula is C16H13N3O2. The maximum Gasteiger partial charge on any atom is 0.258 e. The third kappa shape index (κ3) is 2.92. The SMILES string of the molecule is O=C(Nc1ccc(O)cc1)c1cnn(-c2ccccc2)c1. The van der Waals surface area contributed by atoms with Crippen molar-refractivity contribution in [1.29, 1.82) is 0 Å². The molecule has 0 bridgehead atoms. The van der Waals surface area contributed by atoms with E-state index in [1.807, 2.05) is 30.3 Å². The number of anilines is 1. The second kappa shape index (κ2) is 5.50. The number of nitrogens with one attached hydrogen (secondary N) is 1. The van der Waals surface area contributed by atoms with Crippen molar-refractivity contribution in [3.05, 3.63) is 72.6 Å². The molecule has 3 rings (SSSR count). The van der Waals surface area contributed by atoms with Crippen LogP contribution in [-0.4, -0.2) is 20.8 Å². The van der Waals surface area contributed by atoms with Crippen LogP contribution in [0.1, 0.15) is 10.4 Å². The quantitative estimate of drug-likeness (QED) is 0.724. The number of aromatic hydroxyl groups is 1. The van der Waals surface area contributed by atoms with Crippen LogP contribution in [-0.2, 0) is 0 Å². The van der Waals surface area contributed by atoms with E-state index in [-0.39, 0.29) is 11.7 Å². The number of amides is 1. The van der Waals surface area contributed by atoms with Crippen molar-refractivity contribution in [3.8, 4) is 11.4 Å². The van der Waals surface area contributed by atoms with Gasteiger partial charge >= 0.3 is 0 Å². The molecule has 21 heavy (non-hydrogen) atoms. The van der Waals surface area contributed by atoms with Gasteiger partial charge in [-0.15, -0.1) is 0 Å². The van der Waals surface area contributed by atoms with E-state index in [1.54, 1.807) is 23.0 Å². The van der Waals surface area contributed by atoms with Crippen molar-refractivity contribution < 1.29 is 9.90 Å². The zero-order valence-electron chi connectivity index (χ0n) is 11.1. The molecular weight excluding hydrogens is 266 g/mol. The molecule has 0 radical (unpaired) electrons. The molecule has 0 saturated heterocycles. The van der Waals surface area contributed by atoms with Gasteiger partial charge in [0.25, 0.3) is 5.91 Å². The number of aromatic nitrogens is 2. The lowest BCUT2D eigenvalue weighted by Crippen LogP contribution is -2.10. The first-order chi connectivity index (χ1) is 10.2. The number of benzene rings is 2. The fraction of sp³-hybridized carbons (Fsp3) is 0. The Morgan fingerprint density at radius 1 is 1.05 bits per heavy atom.